The summed E-state index contributed by atoms with van der Waals surface area (Å²) in [7, 11) is 0. The molecule has 17 heavy (non-hydrogen) atoms. The van der Waals surface area contributed by atoms with E-state index in [1.54, 1.807) is 11.3 Å². The quantitative estimate of drug-likeness (QED) is 0.842. The van der Waals surface area contributed by atoms with Crippen LogP contribution in [0, 0.1) is 0 Å². The van der Waals surface area contributed by atoms with Crippen molar-refractivity contribution in [1.29, 1.82) is 0 Å². The molecule has 1 aromatic heterocycles. The van der Waals surface area contributed by atoms with E-state index in [9.17, 15) is 0 Å². The lowest BCUT2D eigenvalue weighted by molar-refractivity contribution is 0.576. The fraction of sp³-hybridized carbons (Fsp3) is 0.231. The Morgan fingerprint density at radius 3 is 2.71 bits per heavy atom. The highest BCUT2D eigenvalue weighted by Gasteiger charge is 2.05. The highest BCUT2D eigenvalue weighted by molar-refractivity contribution is 7.07. The molecule has 2 aromatic rings. The van der Waals surface area contributed by atoms with Crippen LogP contribution >= 0.6 is 34.5 Å². The van der Waals surface area contributed by atoms with E-state index in [1.807, 2.05) is 18.2 Å². The van der Waals surface area contributed by atoms with Gasteiger partial charge in [0, 0.05) is 12.6 Å². The SMILES string of the molecule is CC(NCc1ccc(Cl)c(Cl)c1)c1ccsc1. The van der Waals surface area contributed by atoms with Gasteiger partial charge in [-0.25, -0.2) is 0 Å². The lowest BCUT2D eigenvalue weighted by atomic mass is 10.1. The van der Waals surface area contributed by atoms with E-state index in [1.165, 1.54) is 5.56 Å². The summed E-state index contributed by atoms with van der Waals surface area (Å²) >= 11 is 13.6. The van der Waals surface area contributed by atoms with Gasteiger partial charge in [0.15, 0.2) is 0 Å². The first kappa shape index (κ1) is 12.9. The number of hydrogen-bond donors (Lipinski definition) is 1. The summed E-state index contributed by atoms with van der Waals surface area (Å²) in [5.74, 6) is 0. The Balaban J connectivity index is 1.96. The van der Waals surface area contributed by atoms with Crippen molar-refractivity contribution in [2.24, 2.45) is 0 Å². The van der Waals surface area contributed by atoms with E-state index in [-0.39, 0.29) is 0 Å². The predicted octanol–water partition coefficient (Wildman–Crippen LogP) is 4.91. The molecule has 0 spiro atoms. The standard InChI is InChI=1S/C13H13Cl2NS/c1-9(11-4-5-17-8-11)16-7-10-2-3-12(14)13(15)6-10/h2-6,8-9,16H,7H2,1H3. The molecule has 0 fully saturated rings. The lowest BCUT2D eigenvalue weighted by Gasteiger charge is -2.12. The van der Waals surface area contributed by atoms with Crippen LogP contribution in [0.15, 0.2) is 35.0 Å². The Hall–Kier alpha value is -0.540. The maximum absolute atomic E-state index is 5.97. The highest BCUT2D eigenvalue weighted by Crippen LogP contribution is 2.23. The van der Waals surface area contributed by atoms with Crippen molar-refractivity contribution in [1.82, 2.24) is 5.32 Å². The van der Waals surface area contributed by atoms with Gasteiger partial charge in [-0.1, -0.05) is 29.3 Å². The Bertz CT molecular complexity index is 482. The molecular formula is C13H13Cl2NS. The molecule has 0 aliphatic carbocycles. The molecule has 0 aliphatic rings. The molecular weight excluding hydrogens is 273 g/mol. The summed E-state index contributed by atoms with van der Waals surface area (Å²) in [6.45, 7) is 2.94. The summed E-state index contributed by atoms with van der Waals surface area (Å²) in [6.07, 6.45) is 0. The smallest absolute Gasteiger partial charge is 0.0595 e. The van der Waals surface area contributed by atoms with Crippen LogP contribution in [0.3, 0.4) is 0 Å². The van der Waals surface area contributed by atoms with Gasteiger partial charge < -0.3 is 5.32 Å². The van der Waals surface area contributed by atoms with E-state index in [0.717, 1.165) is 12.1 Å². The zero-order valence-electron chi connectivity index (χ0n) is 9.41. The van der Waals surface area contributed by atoms with Gasteiger partial charge in [-0.05, 0) is 47.0 Å². The van der Waals surface area contributed by atoms with Crippen molar-refractivity contribution in [3.8, 4) is 0 Å². The topological polar surface area (TPSA) is 12.0 Å². The van der Waals surface area contributed by atoms with Gasteiger partial charge in [0.25, 0.3) is 0 Å². The third kappa shape index (κ3) is 3.46. The van der Waals surface area contributed by atoms with Gasteiger partial charge in [-0.2, -0.15) is 11.3 Å². The van der Waals surface area contributed by atoms with Gasteiger partial charge in [0.2, 0.25) is 0 Å². The Morgan fingerprint density at radius 2 is 2.06 bits per heavy atom. The first-order valence-corrected chi connectivity index (χ1v) is 7.06. The van der Waals surface area contributed by atoms with Crippen LogP contribution in [-0.4, -0.2) is 0 Å². The minimum Gasteiger partial charge on any atom is -0.306 e. The Kier molecular flexibility index (Phi) is 4.46. The van der Waals surface area contributed by atoms with E-state index in [4.69, 9.17) is 23.2 Å². The second-order valence-electron chi connectivity index (χ2n) is 3.91. The molecule has 0 bridgehead atoms. The van der Waals surface area contributed by atoms with Crippen molar-refractivity contribution in [3.63, 3.8) is 0 Å². The molecule has 0 saturated heterocycles. The van der Waals surface area contributed by atoms with E-state index >= 15 is 0 Å². The number of nitrogens with one attached hydrogen (secondary N) is 1. The third-order valence-corrected chi connectivity index (χ3v) is 4.08. The van der Waals surface area contributed by atoms with E-state index < -0.39 is 0 Å². The van der Waals surface area contributed by atoms with Crippen LogP contribution in [0.2, 0.25) is 10.0 Å². The first-order valence-electron chi connectivity index (χ1n) is 5.36. The molecule has 1 unspecified atom stereocenters. The van der Waals surface area contributed by atoms with Crippen molar-refractivity contribution in [2.75, 3.05) is 0 Å². The molecule has 0 saturated carbocycles. The van der Waals surface area contributed by atoms with Crippen molar-refractivity contribution in [3.05, 3.63) is 56.2 Å². The van der Waals surface area contributed by atoms with E-state index in [2.05, 4.69) is 29.1 Å². The average Bonchev–Trinajstić information content (AvgIpc) is 2.84. The van der Waals surface area contributed by atoms with Crippen molar-refractivity contribution < 1.29 is 0 Å². The van der Waals surface area contributed by atoms with E-state index in [0.29, 0.717) is 16.1 Å². The van der Waals surface area contributed by atoms with Crippen LogP contribution in [0.1, 0.15) is 24.1 Å². The summed E-state index contributed by atoms with van der Waals surface area (Å²) in [5, 5.41) is 8.91. The highest BCUT2D eigenvalue weighted by atomic mass is 35.5. The number of thiophene rings is 1. The van der Waals surface area contributed by atoms with Gasteiger partial charge in [0.1, 0.15) is 0 Å². The Labute approximate surface area is 115 Å². The molecule has 0 aliphatic heterocycles. The summed E-state index contributed by atoms with van der Waals surface area (Å²) in [6, 6.07) is 8.20. The van der Waals surface area contributed by atoms with Gasteiger partial charge in [-0.15, -0.1) is 0 Å². The summed E-state index contributed by atoms with van der Waals surface area (Å²) in [5.41, 5.74) is 2.46. The number of rotatable bonds is 4. The second-order valence-corrected chi connectivity index (χ2v) is 5.50. The monoisotopic (exact) mass is 285 g/mol. The normalized spacial score (nSPS) is 12.6. The molecule has 0 radical (unpaired) electrons. The molecule has 1 nitrogen and oxygen atoms in total. The maximum atomic E-state index is 5.97. The molecule has 4 heteroatoms. The Morgan fingerprint density at radius 1 is 1.24 bits per heavy atom. The zero-order chi connectivity index (χ0) is 12.3. The zero-order valence-corrected chi connectivity index (χ0v) is 11.7. The first-order chi connectivity index (χ1) is 8.16. The summed E-state index contributed by atoms with van der Waals surface area (Å²) < 4.78 is 0. The molecule has 1 aromatic carbocycles. The minimum absolute atomic E-state index is 0.343. The fourth-order valence-electron chi connectivity index (χ4n) is 1.56. The van der Waals surface area contributed by atoms with Gasteiger partial charge in [0.05, 0.1) is 10.0 Å². The largest absolute Gasteiger partial charge is 0.306 e. The van der Waals surface area contributed by atoms with Crippen molar-refractivity contribution >= 4 is 34.5 Å². The maximum Gasteiger partial charge on any atom is 0.0595 e. The molecule has 90 valence electrons. The lowest BCUT2D eigenvalue weighted by Crippen LogP contribution is -2.17. The number of hydrogen-bond acceptors (Lipinski definition) is 2. The average molecular weight is 286 g/mol. The predicted molar refractivity (Wildman–Crippen MR) is 76.0 cm³/mol. The number of halogens is 2. The number of benzene rings is 1. The molecule has 0 amide bonds. The van der Waals surface area contributed by atoms with Gasteiger partial charge in [-0.3, -0.25) is 0 Å². The van der Waals surface area contributed by atoms with Crippen LogP contribution in [-0.2, 0) is 6.54 Å². The fourth-order valence-corrected chi connectivity index (χ4v) is 2.63. The second kappa shape index (κ2) is 5.87. The van der Waals surface area contributed by atoms with Crippen LogP contribution < -0.4 is 5.32 Å². The summed E-state index contributed by atoms with van der Waals surface area (Å²) in [4.78, 5) is 0. The third-order valence-electron chi connectivity index (χ3n) is 2.64. The molecule has 1 heterocycles. The molecule has 1 N–H and O–H groups in total. The van der Waals surface area contributed by atoms with Crippen LogP contribution in [0.5, 0.6) is 0 Å². The molecule has 2 rings (SSSR count). The minimum atomic E-state index is 0.343. The van der Waals surface area contributed by atoms with Gasteiger partial charge >= 0.3 is 0 Å². The molecule has 1 atom stereocenters. The van der Waals surface area contributed by atoms with Crippen LogP contribution in [0.4, 0.5) is 0 Å². The van der Waals surface area contributed by atoms with Crippen molar-refractivity contribution in [2.45, 2.75) is 19.5 Å². The van der Waals surface area contributed by atoms with Crippen LogP contribution in [0.25, 0.3) is 0 Å².